The van der Waals surface area contributed by atoms with Gasteiger partial charge in [-0.25, -0.2) is 4.79 Å². The molecule has 0 aromatic heterocycles. The molecule has 0 fully saturated rings. The zero-order chi connectivity index (χ0) is 12.0. The van der Waals surface area contributed by atoms with E-state index in [2.05, 4.69) is 10.9 Å². The van der Waals surface area contributed by atoms with Crippen LogP contribution in [0.5, 0.6) is 0 Å². The summed E-state index contributed by atoms with van der Waals surface area (Å²) < 4.78 is 0. The number of primary amides is 1. The van der Waals surface area contributed by atoms with Crippen LogP contribution in [-0.2, 0) is 6.54 Å². The molecule has 0 spiro atoms. The lowest BCUT2D eigenvalue weighted by Gasteiger charge is -2.04. The van der Waals surface area contributed by atoms with E-state index in [0.717, 1.165) is 5.56 Å². The summed E-state index contributed by atoms with van der Waals surface area (Å²) >= 11 is 0. The van der Waals surface area contributed by atoms with Crippen LogP contribution < -0.4 is 21.9 Å². The molecule has 0 radical (unpaired) electrons. The Kier molecular flexibility index (Phi) is 7.11. The van der Waals surface area contributed by atoms with Gasteiger partial charge in [0.2, 0.25) is 0 Å². The van der Waals surface area contributed by atoms with E-state index in [1.165, 1.54) is 0 Å². The fourth-order valence-corrected chi connectivity index (χ4v) is 1.15. The molecule has 7 heteroatoms. The first-order valence-electron chi connectivity index (χ1n) is 4.73. The summed E-state index contributed by atoms with van der Waals surface area (Å²) in [5.41, 5.74) is 12.0. The minimum atomic E-state index is -0.856. The highest BCUT2D eigenvalue weighted by Gasteiger charge is 2.06. The predicted molar refractivity (Wildman–Crippen MR) is 69.7 cm³/mol. The number of hydrogen-bond donors (Lipinski definition) is 4. The third-order valence-corrected chi connectivity index (χ3v) is 1.92. The van der Waals surface area contributed by atoms with Gasteiger partial charge in [0, 0.05) is 12.1 Å². The molecule has 0 atom stereocenters. The van der Waals surface area contributed by atoms with Gasteiger partial charge in [-0.3, -0.25) is 21.0 Å². The van der Waals surface area contributed by atoms with Gasteiger partial charge in [0.1, 0.15) is 0 Å². The number of carbonyl (C=O) groups is 2. The molecule has 0 aliphatic rings. The van der Waals surface area contributed by atoms with Crippen molar-refractivity contribution < 1.29 is 9.59 Å². The Morgan fingerprint density at radius 2 is 1.82 bits per heavy atom. The summed E-state index contributed by atoms with van der Waals surface area (Å²) in [5.74, 6) is -0.499. The van der Waals surface area contributed by atoms with Crippen molar-refractivity contribution in [1.82, 2.24) is 16.2 Å². The molecule has 94 valence electrons. The van der Waals surface area contributed by atoms with Gasteiger partial charge in [-0.15, -0.1) is 17.0 Å². The maximum absolute atomic E-state index is 11.3. The van der Waals surface area contributed by atoms with Gasteiger partial charge < -0.3 is 5.73 Å². The van der Waals surface area contributed by atoms with Gasteiger partial charge in [-0.1, -0.05) is 12.1 Å². The molecule has 0 aliphatic carbocycles. The average molecular weight is 303 g/mol. The topological polar surface area (TPSA) is 96.2 Å². The number of hydrazine groups is 1. The van der Waals surface area contributed by atoms with E-state index < -0.39 is 11.9 Å². The van der Waals surface area contributed by atoms with E-state index in [1.54, 1.807) is 31.3 Å². The second-order valence-electron chi connectivity index (χ2n) is 3.12. The van der Waals surface area contributed by atoms with Gasteiger partial charge in [0.05, 0.1) is 0 Å². The van der Waals surface area contributed by atoms with Gasteiger partial charge in [-0.2, -0.15) is 0 Å². The number of urea groups is 1. The number of rotatable bonds is 4. The van der Waals surface area contributed by atoms with Crippen LogP contribution in [0.1, 0.15) is 15.9 Å². The second-order valence-corrected chi connectivity index (χ2v) is 3.12. The fraction of sp³-hybridized carbons (Fsp3) is 0.200. The largest absolute Gasteiger partial charge is 0.351 e. The van der Waals surface area contributed by atoms with Crippen molar-refractivity contribution in [2.45, 2.75) is 6.54 Å². The lowest BCUT2D eigenvalue weighted by Crippen LogP contribution is -2.34. The number of nitrogens with two attached hydrogens (primary N) is 1. The molecule has 0 unspecified atom stereocenters. The molecule has 0 bridgehead atoms. The lowest BCUT2D eigenvalue weighted by molar-refractivity contribution is 0.0966. The maximum atomic E-state index is 11.3. The smallest absolute Gasteiger partial charge is 0.319 e. The number of benzene rings is 1. The van der Waals surface area contributed by atoms with E-state index in [0.29, 0.717) is 12.1 Å². The van der Waals surface area contributed by atoms with Crippen LogP contribution in [0.2, 0.25) is 0 Å². The van der Waals surface area contributed by atoms with Crippen molar-refractivity contribution in [3.05, 3.63) is 35.4 Å². The van der Waals surface area contributed by atoms with Crippen molar-refractivity contribution in [2.24, 2.45) is 5.73 Å². The van der Waals surface area contributed by atoms with Crippen molar-refractivity contribution >= 4 is 28.9 Å². The zero-order valence-electron chi connectivity index (χ0n) is 9.32. The molecule has 0 heterocycles. The molecule has 17 heavy (non-hydrogen) atoms. The number of carbonyl (C=O) groups excluding carboxylic acids is 2. The van der Waals surface area contributed by atoms with E-state index >= 15 is 0 Å². The summed E-state index contributed by atoms with van der Waals surface area (Å²) in [6, 6.07) is 5.99. The molecule has 1 aromatic rings. The Bertz CT molecular complexity index is 380. The molecule has 1 aromatic carbocycles. The van der Waals surface area contributed by atoms with E-state index in [9.17, 15) is 9.59 Å². The van der Waals surface area contributed by atoms with Crippen molar-refractivity contribution in [2.75, 3.05) is 7.05 Å². The fourth-order valence-electron chi connectivity index (χ4n) is 1.15. The van der Waals surface area contributed by atoms with Crippen LogP contribution in [0.25, 0.3) is 0 Å². The Morgan fingerprint density at radius 3 is 2.29 bits per heavy atom. The zero-order valence-corrected chi connectivity index (χ0v) is 11.0. The number of hydrogen-bond acceptors (Lipinski definition) is 4. The standard InChI is InChI=1S/C10H14N4O2.BrH/c1-12-13-6-7-2-4-8(5-3-7)9(15)14-10(11)16;/h2-5,12-13H,6H2,1H3,(H3,11,14,15,16);1H. The molecular formula is C10H15BrN4O2. The van der Waals surface area contributed by atoms with Crippen LogP contribution in [-0.4, -0.2) is 19.0 Å². The summed E-state index contributed by atoms with van der Waals surface area (Å²) in [6.45, 7) is 0.647. The van der Waals surface area contributed by atoms with Crippen LogP contribution in [0.3, 0.4) is 0 Å². The number of halogens is 1. The van der Waals surface area contributed by atoms with Gasteiger partial charge in [0.15, 0.2) is 0 Å². The van der Waals surface area contributed by atoms with Gasteiger partial charge in [0.25, 0.3) is 5.91 Å². The highest BCUT2D eigenvalue weighted by Crippen LogP contribution is 2.03. The Labute approximate surface area is 110 Å². The van der Waals surface area contributed by atoms with Crippen molar-refractivity contribution in [3.63, 3.8) is 0 Å². The Balaban J connectivity index is 0.00000256. The monoisotopic (exact) mass is 302 g/mol. The highest BCUT2D eigenvalue weighted by molar-refractivity contribution is 8.93. The predicted octanol–water partition coefficient (Wildman–Crippen LogP) is 0.297. The molecule has 6 nitrogen and oxygen atoms in total. The third kappa shape index (κ3) is 5.43. The SMILES string of the molecule is Br.CNNCc1ccc(C(=O)NC(N)=O)cc1. The lowest BCUT2D eigenvalue weighted by atomic mass is 10.1. The van der Waals surface area contributed by atoms with Gasteiger partial charge >= 0.3 is 6.03 Å². The average Bonchev–Trinajstić information content (AvgIpc) is 2.26. The van der Waals surface area contributed by atoms with E-state index in [-0.39, 0.29) is 17.0 Å². The summed E-state index contributed by atoms with van der Waals surface area (Å²) in [4.78, 5) is 21.8. The minimum absolute atomic E-state index is 0. The normalized spacial score (nSPS) is 9.24. The number of amides is 3. The molecule has 5 N–H and O–H groups in total. The first-order valence-corrected chi connectivity index (χ1v) is 4.73. The third-order valence-electron chi connectivity index (χ3n) is 1.92. The van der Waals surface area contributed by atoms with Crippen LogP contribution in [0, 0.1) is 0 Å². The van der Waals surface area contributed by atoms with E-state index in [4.69, 9.17) is 5.73 Å². The Morgan fingerprint density at radius 1 is 1.24 bits per heavy atom. The minimum Gasteiger partial charge on any atom is -0.351 e. The maximum Gasteiger partial charge on any atom is 0.319 e. The molecule has 3 amide bonds. The Hall–Kier alpha value is -1.44. The highest BCUT2D eigenvalue weighted by atomic mass is 79.9. The molecule has 0 saturated carbocycles. The molecular weight excluding hydrogens is 288 g/mol. The van der Waals surface area contributed by atoms with Crippen molar-refractivity contribution in [1.29, 1.82) is 0 Å². The molecule has 1 rings (SSSR count). The quantitative estimate of drug-likeness (QED) is 0.601. The number of nitrogens with one attached hydrogen (secondary N) is 3. The molecule has 0 saturated heterocycles. The summed E-state index contributed by atoms with van der Waals surface area (Å²) in [7, 11) is 1.77. The summed E-state index contributed by atoms with van der Waals surface area (Å²) in [5, 5.41) is 1.99. The molecule has 0 aliphatic heterocycles. The van der Waals surface area contributed by atoms with Crippen molar-refractivity contribution in [3.8, 4) is 0 Å². The van der Waals surface area contributed by atoms with Crippen LogP contribution >= 0.6 is 17.0 Å². The first kappa shape index (κ1) is 15.6. The van der Waals surface area contributed by atoms with Crippen LogP contribution in [0.15, 0.2) is 24.3 Å². The van der Waals surface area contributed by atoms with Gasteiger partial charge in [-0.05, 0) is 24.7 Å². The second kappa shape index (κ2) is 7.77. The number of imide groups is 1. The van der Waals surface area contributed by atoms with E-state index in [1.807, 2.05) is 5.32 Å². The first-order chi connectivity index (χ1) is 7.63. The summed E-state index contributed by atoms with van der Waals surface area (Å²) in [6.07, 6.45) is 0. The van der Waals surface area contributed by atoms with Crippen LogP contribution in [0.4, 0.5) is 4.79 Å².